The second-order valence-corrected chi connectivity index (χ2v) is 18.1. The molecule has 4 rings (SSSR count). The molecule has 4 saturated heterocycles. The van der Waals surface area contributed by atoms with Crippen molar-refractivity contribution < 1.29 is 58.0 Å². The summed E-state index contributed by atoms with van der Waals surface area (Å²) in [6, 6.07) is -0.0421. The third-order valence-corrected chi connectivity index (χ3v) is 13.7. The largest absolute Gasteiger partial charge is 0.459 e. The second kappa shape index (κ2) is 17.9. The molecule has 0 radical (unpaired) electrons. The van der Waals surface area contributed by atoms with Gasteiger partial charge in [-0.3, -0.25) is 9.69 Å². The minimum atomic E-state index is -1.25. The van der Waals surface area contributed by atoms with Gasteiger partial charge in [-0.15, -0.1) is 0 Å². The number of hydrogen-bond donors (Lipinski definition) is 3. The number of carbonyl (C=O) groups is 1. The van der Waals surface area contributed by atoms with E-state index in [0.29, 0.717) is 25.7 Å². The zero-order valence-corrected chi connectivity index (χ0v) is 35.8. The summed E-state index contributed by atoms with van der Waals surface area (Å²) in [7, 11) is 5.09. The van der Waals surface area contributed by atoms with Gasteiger partial charge in [0.05, 0.1) is 53.7 Å². The molecule has 2 bridgehead atoms. The van der Waals surface area contributed by atoms with Crippen molar-refractivity contribution in [1.82, 2.24) is 4.90 Å². The van der Waals surface area contributed by atoms with Crippen molar-refractivity contribution in [3.05, 3.63) is 0 Å². The summed E-state index contributed by atoms with van der Waals surface area (Å²) in [5.74, 6) is -2.36. The van der Waals surface area contributed by atoms with Crippen LogP contribution in [0.4, 0.5) is 0 Å². The molecule has 3 unspecified atom stereocenters. The Labute approximate surface area is 325 Å². The van der Waals surface area contributed by atoms with Gasteiger partial charge in [-0.05, 0) is 87.6 Å². The molecular formula is C41H75NO12. The van der Waals surface area contributed by atoms with Crippen molar-refractivity contribution in [2.24, 2.45) is 23.7 Å². The lowest BCUT2D eigenvalue weighted by molar-refractivity contribution is -0.319. The number of methoxy groups -OCH3 is 2. The van der Waals surface area contributed by atoms with Crippen molar-refractivity contribution in [3.8, 4) is 0 Å². The van der Waals surface area contributed by atoms with Crippen LogP contribution in [0.3, 0.4) is 0 Å². The van der Waals surface area contributed by atoms with Gasteiger partial charge in [0.15, 0.2) is 12.6 Å². The fraction of sp³-hybridized carbons (Fsp3) is 0.976. The molecule has 0 saturated carbocycles. The van der Waals surface area contributed by atoms with Crippen LogP contribution in [0.1, 0.15) is 115 Å². The summed E-state index contributed by atoms with van der Waals surface area (Å²) in [5, 5.41) is 35.0. The van der Waals surface area contributed by atoms with Gasteiger partial charge < -0.3 is 53.2 Å². The number of fused-ring (bicyclic) bond motifs is 2. The van der Waals surface area contributed by atoms with Crippen molar-refractivity contribution in [2.45, 2.75) is 212 Å². The van der Waals surface area contributed by atoms with Crippen LogP contribution < -0.4 is 0 Å². The SMILES string of the molecule is CCC[C@H]1OC(=O)[C@H](C)[C@@H](OC2C[C@@](C)(OC)[C@@H](O)[C@H](C)O2)[C@H](C)[C@@H](O[C@@H]2O[C@H](C)C[C@H](N(C)C(C)C)[C@H]2O)[C@@]2(C)CC(C)C(O2)[C@@H](C)[C@@H](O)[C@]1(C)OC. The van der Waals surface area contributed by atoms with Crippen LogP contribution >= 0.6 is 0 Å². The molecule has 13 nitrogen and oxygen atoms in total. The maximum atomic E-state index is 14.5. The molecule has 0 aromatic rings. The van der Waals surface area contributed by atoms with Gasteiger partial charge in [0.2, 0.25) is 0 Å². The van der Waals surface area contributed by atoms with Crippen LogP contribution in [0, 0.1) is 23.7 Å². The van der Waals surface area contributed by atoms with E-state index < -0.39 is 102 Å². The predicted octanol–water partition coefficient (Wildman–Crippen LogP) is 4.45. The summed E-state index contributed by atoms with van der Waals surface area (Å²) in [6.45, 7) is 23.4. The maximum absolute atomic E-state index is 14.5. The smallest absolute Gasteiger partial charge is 0.311 e. The number of esters is 1. The van der Waals surface area contributed by atoms with Crippen LogP contribution in [0.5, 0.6) is 0 Å². The molecule has 316 valence electrons. The number of carbonyl (C=O) groups excluding carboxylic acids is 1. The zero-order valence-electron chi connectivity index (χ0n) is 35.8. The monoisotopic (exact) mass is 774 g/mol. The van der Waals surface area contributed by atoms with Crippen LogP contribution in [0.2, 0.25) is 0 Å². The summed E-state index contributed by atoms with van der Waals surface area (Å²) in [4.78, 5) is 16.6. The second-order valence-electron chi connectivity index (χ2n) is 18.1. The minimum absolute atomic E-state index is 0.00617. The summed E-state index contributed by atoms with van der Waals surface area (Å²) < 4.78 is 51.9. The van der Waals surface area contributed by atoms with Gasteiger partial charge in [0.1, 0.15) is 23.9 Å². The van der Waals surface area contributed by atoms with E-state index in [1.54, 1.807) is 27.9 Å². The fourth-order valence-electron chi connectivity index (χ4n) is 9.83. The molecule has 4 heterocycles. The first-order valence-corrected chi connectivity index (χ1v) is 20.4. The van der Waals surface area contributed by atoms with Crippen LogP contribution in [-0.4, -0.2) is 144 Å². The highest BCUT2D eigenvalue weighted by Crippen LogP contribution is 2.48. The number of rotatable bonds is 10. The highest BCUT2D eigenvalue weighted by Gasteiger charge is 2.58. The Balaban J connectivity index is 1.86. The van der Waals surface area contributed by atoms with E-state index in [2.05, 4.69) is 25.7 Å². The molecule has 54 heavy (non-hydrogen) atoms. The molecule has 0 spiro atoms. The highest BCUT2D eigenvalue weighted by molar-refractivity contribution is 5.73. The lowest BCUT2D eigenvalue weighted by atomic mass is 9.76. The summed E-state index contributed by atoms with van der Waals surface area (Å²) >= 11 is 0. The maximum Gasteiger partial charge on any atom is 0.311 e. The standard InChI is InChI=1S/C41H75NO12/c1-16-17-29-41(12,48-15)34(44)24(6)32-22(4)19-40(11,54-32)36(53-38-31(43)28(18-23(5)49-38)42(13)21(2)3)25(7)33(26(8)37(46)51-29)52-30-20-39(10,47-14)35(45)27(9)50-30/h21-36,38,43-45H,16-20H2,1-15H3/t22?,23-,24-,25+,26-,27+,28+,29-,30?,31-,32?,33+,34-,35+,36-,38+,39-,40-,41-/m1/s1. The van der Waals surface area contributed by atoms with E-state index in [9.17, 15) is 20.1 Å². The van der Waals surface area contributed by atoms with Gasteiger partial charge in [0, 0.05) is 44.6 Å². The van der Waals surface area contributed by atoms with Crippen LogP contribution in [-0.2, 0) is 42.7 Å². The Morgan fingerprint density at radius 1 is 0.907 bits per heavy atom. The van der Waals surface area contributed by atoms with E-state index in [1.807, 2.05) is 48.6 Å². The number of likely N-dealkylation sites (N-methyl/N-ethyl adjacent to an activating group) is 1. The van der Waals surface area contributed by atoms with Crippen molar-refractivity contribution >= 4 is 5.97 Å². The molecule has 0 aliphatic carbocycles. The number of aliphatic hydroxyl groups excluding tert-OH is 3. The lowest BCUT2D eigenvalue weighted by Gasteiger charge is -2.49. The number of aliphatic hydroxyl groups is 3. The molecule has 4 aliphatic rings. The summed E-state index contributed by atoms with van der Waals surface area (Å²) in [5.41, 5.74) is -3.18. The third kappa shape index (κ3) is 9.02. The molecule has 13 heteroatoms. The number of nitrogens with zero attached hydrogens (tertiary/aromatic N) is 1. The van der Waals surface area contributed by atoms with Gasteiger partial charge >= 0.3 is 5.97 Å². The zero-order chi connectivity index (χ0) is 40.7. The van der Waals surface area contributed by atoms with E-state index in [4.69, 9.17) is 37.9 Å². The molecule has 19 atom stereocenters. The first-order chi connectivity index (χ1) is 25.1. The van der Waals surface area contributed by atoms with Gasteiger partial charge in [0.25, 0.3) is 0 Å². The highest BCUT2D eigenvalue weighted by atomic mass is 16.7. The van der Waals surface area contributed by atoms with Gasteiger partial charge in [-0.1, -0.05) is 34.1 Å². The Bertz CT molecular complexity index is 1230. The quantitative estimate of drug-likeness (QED) is 0.268. The van der Waals surface area contributed by atoms with E-state index >= 15 is 0 Å². The Morgan fingerprint density at radius 2 is 1.56 bits per heavy atom. The Hall–Kier alpha value is -0.970. The van der Waals surface area contributed by atoms with E-state index in [-0.39, 0.29) is 30.5 Å². The number of cyclic esters (lactones) is 1. The molecular weight excluding hydrogens is 698 g/mol. The first kappa shape index (κ1) is 45.7. The molecule has 4 aliphatic heterocycles. The lowest BCUT2D eigenvalue weighted by Crippen LogP contribution is -2.61. The van der Waals surface area contributed by atoms with Crippen LogP contribution in [0.25, 0.3) is 0 Å². The third-order valence-electron chi connectivity index (χ3n) is 13.7. The molecule has 3 N–H and O–H groups in total. The normalized spacial score (nSPS) is 49.7. The van der Waals surface area contributed by atoms with Crippen molar-refractivity contribution in [3.63, 3.8) is 0 Å². The number of ether oxygens (including phenoxy) is 8. The average molecular weight is 774 g/mol. The minimum Gasteiger partial charge on any atom is -0.459 e. The Morgan fingerprint density at radius 3 is 2.13 bits per heavy atom. The Kier molecular flexibility index (Phi) is 15.1. The number of hydrogen-bond acceptors (Lipinski definition) is 13. The molecule has 4 fully saturated rings. The van der Waals surface area contributed by atoms with Crippen molar-refractivity contribution in [1.29, 1.82) is 0 Å². The molecule has 0 aromatic heterocycles. The predicted molar refractivity (Wildman–Crippen MR) is 203 cm³/mol. The first-order valence-electron chi connectivity index (χ1n) is 20.4. The fourth-order valence-corrected chi connectivity index (χ4v) is 9.83. The van der Waals surface area contributed by atoms with Crippen LogP contribution in [0.15, 0.2) is 0 Å². The molecule has 0 aromatic carbocycles. The van der Waals surface area contributed by atoms with Gasteiger partial charge in [-0.25, -0.2) is 0 Å². The van der Waals surface area contributed by atoms with Gasteiger partial charge in [-0.2, -0.15) is 0 Å². The topological polar surface area (TPSA) is 155 Å². The van der Waals surface area contributed by atoms with E-state index in [1.165, 1.54) is 7.11 Å². The van der Waals surface area contributed by atoms with E-state index in [0.717, 1.165) is 0 Å². The van der Waals surface area contributed by atoms with Crippen molar-refractivity contribution in [2.75, 3.05) is 21.3 Å². The molecule has 0 amide bonds. The average Bonchev–Trinajstić information content (AvgIpc) is 3.44. The summed E-state index contributed by atoms with van der Waals surface area (Å²) in [6.07, 6.45) is -5.87.